The van der Waals surface area contributed by atoms with Gasteiger partial charge >= 0.3 is 5.97 Å². The number of carboxylic acids is 1. The number of fused-ring (bicyclic) bond motifs is 3. The van der Waals surface area contributed by atoms with Crippen molar-refractivity contribution < 1.29 is 19.1 Å². The third kappa shape index (κ3) is 4.61. The van der Waals surface area contributed by atoms with Crippen molar-refractivity contribution in [3.05, 3.63) is 106 Å². The maximum absolute atomic E-state index is 14.7. The molecule has 0 aliphatic carbocycles. The molecule has 3 aromatic carbocycles. The van der Waals surface area contributed by atoms with Gasteiger partial charge < -0.3 is 15.3 Å². The molecular weight excluding hydrogens is 521 g/mol. The van der Waals surface area contributed by atoms with Gasteiger partial charge in [-0.15, -0.1) is 0 Å². The van der Waals surface area contributed by atoms with E-state index in [0.29, 0.717) is 57.7 Å². The van der Waals surface area contributed by atoms with Crippen LogP contribution in [-0.4, -0.2) is 50.1 Å². The van der Waals surface area contributed by atoms with Crippen molar-refractivity contribution >= 4 is 40.8 Å². The fourth-order valence-electron chi connectivity index (χ4n) is 4.75. The zero-order valence-electron chi connectivity index (χ0n) is 20.4. The van der Waals surface area contributed by atoms with E-state index in [-0.39, 0.29) is 18.3 Å². The number of nitrogens with zero attached hydrogens (tertiary/aromatic N) is 4. The quantitative estimate of drug-likeness (QED) is 0.353. The Bertz CT molecular complexity index is 1660. The highest BCUT2D eigenvalue weighted by molar-refractivity contribution is 6.31. The molecule has 1 unspecified atom stereocenters. The van der Waals surface area contributed by atoms with Gasteiger partial charge in [0, 0.05) is 51.3 Å². The van der Waals surface area contributed by atoms with Gasteiger partial charge in [-0.25, -0.2) is 19.2 Å². The summed E-state index contributed by atoms with van der Waals surface area (Å²) in [5.41, 5.74) is 4.77. The first kappa shape index (κ1) is 24.7. The number of aromatic nitrogens is 2. The number of hydrogen-bond acceptors (Lipinski definition) is 6. The van der Waals surface area contributed by atoms with Crippen molar-refractivity contribution in [2.75, 3.05) is 11.9 Å². The minimum atomic E-state index is -0.997. The third-order valence-corrected chi connectivity index (χ3v) is 7.08. The number of rotatable bonds is 5. The van der Waals surface area contributed by atoms with Gasteiger partial charge in [0.2, 0.25) is 5.95 Å². The Kier molecular flexibility index (Phi) is 6.28. The molecule has 4 aromatic rings. The van der Waals surface area contributed by atoms with Crippen molar-refractivity contribution in [2.24, 2.45) is 4.99 Å². The lowest BCUT2D eigenvalue weighted by atomic mass is 9.95. The maximum atomic E-state index is 14.7. The molecule has 3 heterocycles. The summed E-state index contributed by atoms with van der Waals surface area (Å²) in [5.74, 6) is -1.36. The molecule has 10 heteroatoms. The lowest BCUT2D eigenvalue weighted by Crippen LogP contribution is -2.55. The number of carboxylic acid groups (broad SMARTS) is 1. The molecule has 6 rings (SSSR count). The molecule has 8 nitrogen and oxygen atoms in total. The van der Waals surface area contributed by atoms with Crippen molar-refractivity contribution in [3.63, 3.8) is 0 Å². The summed E-state index contributed by atoms with van der Waals surface area (Å²) in [5, 5.41) is 12.9. The molecule has 1 saturated heterocycles. The third-order valence-electron chi connectivity index (χ3n) is 6.85. The molecule has 2 aliphatic heterocycles. The average molecular weight is 542 g/mol. The van der Waals surface area contributed by atoms with Crippen molar-refractivity contribution in [1.82, 2.24) is 14.9 Å². The highest BCUT2D eigenvalue weighted by Crippen LogP contribution is 2.34. The molecule has 1 amide bonds. The van der Waals surface area contributed by atoms with E-state index in [0.717, 1.165) is 11.1 Å². The van der Waals surface area contributed by atoms with Gasteiger partial charge in [-0.2, -0.15) is 0 Å². The number of likely N-dealkylation sites (tertiary alicyclic amines) is 1. The normalized spacial score (nSPS) is 15.8. The number of carbonyl (C=O) groups is 2. The van der Waals surface area contributed by atoms with Gasteiger partial charge in [-0.3, -0.25) is 9.79 Å². The molecule has 194 valence electrons. The number of anilines is 2. The summed E-state index contributed by atoms with van der Waals surface area (Å²) in [6.45, 7) is 0.685. The number of carbonyl (C=O) groups excluding carboxylic acids is 1. The minimum absolute atomic E-state index is 0.260. The standard InChI is InChI=1S/C29H21ClFN5O3/c30-18-7-10-20-22(13-18)26(21-3-1-2-4-23(21)31)32-14-17-15-33-29(35-25(17)20)34-19-8-5-16(6-9-19)27(37)36-12-11-24(36)28(38)39/h1-10,13,15,24H,11-12,14H2,(H,38,39)(H,33,34,35). The molecule has 1 atom stereocenters. The van der Waals surface area contributed by atoms with Crippen LogP contribution in [0, 0.1) is 5.82 Å². The Hall–Kier alpha value is -4.63. The van der Waals surface area contributed by atoms with Crippen molar-refractivity contribution in [1.29, 1.82) is 0 Å². The summed E-state index contributed by atoms with van der Waals surface area (Å²) in [6.07, 6.45) is 2.14. The van der Waals surface area contributed by atoms with Crippen LogP contribution in [0.5, 0.6) is 0 Å². The van der Waals surface area contributed by atoms with E-state index >= 15 is 0 Å². The summed E-state index contributed by atoms with van der Waals surface area (Å²) in [6, 6.07) is 17.8. The van der Waals surface area contributed by atoms with Gasteiger partial charge in [0.25, 0.3) is 5.91 Å². The molecule has 2 aliphatic rings. The number of halogens is 2. The number of nitrogens with one attached hydrogen (secondary N) is 1. The predicted molar refractivity (Wildman–Crippen MR) is 145 cm³/mol. The zero-order chi connectivity index (χ0) is 27.1. The van der Waals surface area contributed by atoms with E-state index in [1.807, 2.05) is 6.07 Å². The van der Waals surface area contributed by atoms with Gasteiger partial charge in [0.1, 0.15) is 11.9 Å². The number of amides is 1. The Morgan fingerprint density at radius 1 is 1.03 bits per heavy atom. The lowest BCUT2D eigenvalue weighted by molar-refractivity contribution is -0.146. The first-order chi connectivity index (χ1) is 18.9. The first-order valence-corrected chi connectivity index (χ1v) is 12.6. The molecule has 0 spiro atoms. The number of benzene rings is 3. The SMILES string of the molecule is O=C(O)C1CCN1C(=O)c1ccc(Nc2ncc3c(n2)-c2ccc(Cl)cc2C(c2ccccc2F)=NC3)cc1. The van der Waals surface area contributed by atoms with Crippen LogP contribution in [0.2, 0.25) is 5.02 Å². The van der Waals surface area contributed by atoms with Gasteiger partial charge in [0.15, 0.2) is 0 Å². The number of aliphatic carboxylic acids is 1. The fraction of sp³-hybridized carbons (Fsp3) is 0.138. The van der Waals surface area contributed by atoms with Gasteiger partial charge in [-0.05, 0) is 55.0 Å². The second kappa shape index (κ2) is 9.92. The molecule has 2 N–H and O–H groups in total. The Morgan fingerprint density at radius 2 is 1.82 bits per heavy atom. The van der Waals surface area contributed by atoms with Gasteiger partial charge in [-0.1, -0.05) is 29.8 Å². The number of hydrogen-bond donors (Lipinski definition) is 2. The van der Waals surface area contributed by atoms with Gasteiger partial charge in [0.05, 0.1) is 18.0 Å². The largest absolute Gasteiger partial charge is 0.480 e. The van der Waals surface area contributed by atoms with Crippen molar-refractivity contribution in [2.45, 2.75) is 19.0 Å². The van der Waals surface area contributed by atoms with Crippen molar-refractivity contribution in [3.8, 4) is 11.3 Å². The predicted octanol–water partition coefficient (Wildman–Crippen LogP) is 5.33. The fourth-order valence-corrected chi connectivity index (χ4v) is 4.92. The van der Waals surface area contributed by atoms with Crippen LogP contribution < -0.4 is 5.32 Å². The van der Waals surface area contributed by atoms with Crippen LogP contribution >= 0.6 is 11.6 Å². The second-order valence-corrected chi connectivity index (χ2v) is 9.68. The first-order valence-electron chi connectivity index (χ1n) is 12.3. The molecular formula is C29H21ClFN5O3. The molecule has 0 saturated carbocycles. The molecule has 39 heavy (non-hydrogen) atoms. The molecule has 0 radical (unpaired) electrons. The molecule has 1 aromatic heterocycles. The highest BCUT2D eigenvalue weighted by Gasteiger charge is 2.37. The summed E-state index contributed by atoms with van der Waals surface area (Å²) in [4.78, 5) is 39.2. The Morgan fingerprint density at radius 3 is 2.54 bits per heavy atom. The summed E-state index contributed by atoms with van der Waals surface area (Å²) >= 11 is 6.33. The van der Waals surface area contributed by atoms with Crippen LogP contribution in [0.4, 0.5) is 16.0 Å². The molecule has 0 bridgehead atoms. The average Bonchev–Trinajstić information content (AvgIpc) is 3.05. The van der Waals surface area contributed by atoms with Crippen LogP contribution in [0.1, 0.15) is 33.5 Å². The van der Waals surface area contributed by atoms with E-state index < -0.39 is 12.0 Å². The van der Waals surface area contributed by atoms with E-state index in [9.17, 15) is 19.1 Å². The van der Waals surface area contributed by atoms with Crippen LogP contribution in [0.3, 0.4) is 0 Å². The zero-order valence-corrected chi connectivity index (χ0v) is 21.2. The monoisotopic (exact) mass is 541 g/mol. The van der Waals surface area contributed by atoms with Crippen LogP contribution in [0.25, 0.3) is 11.3 Å². The Balaban J connectivity index is 1.29. The lowest BCUT2D eigenvalue weighted by Gasteiger charge is -2.37. The molecule has 1 fully saturated rings. The topological polar surface area (TPSA) is 108 Å². The summed E-state index contributed by atoms with van der Waals surface area (Å²) in [7, 11) is 0. The van der Waals surface area contributed by atoms with E-state index in [1.165, 1.54) is 11.0 Å². The Labute approximate surface area is 227 Å². The van der Waals surface area contributed by atoms with E-state index in [1.54, 1.807) is 60.8 Å². The second-order valence-electron chi connectivity index (χ2n) is 9.25. The highest BCUT2D eigenvalue weighted by atomic mass is 35.5. The maximum Gasteiger partial charge on any atom is 0.326 e. The summed E-state index contributed by atoms with van der Waals surface area (Å²) < 4.78 is 14.7. The van der Waals surface area contributed by atoms with Crippen LogP contribution in [0.15, 0.2) is 77.9 Å². The minimum Gasteiger partial charge on any atom is -0.480 e. The number of aliphatic imine (C=N–C) groups is 1. The van der Waals surface area contributed by atoms with E-state index in [4.69, 9.17) is 21.6 Å². The van der Waals surface area contributed by atoms with Crippen LogP contribution in [-0.2, 0) is 11.3 Å². The van der Waals surface area contributed by atoms with E-state index in [2.05, 4.69) is 10.3 Å². The smallest absolute Gasteiger partial charge is 0.326 e.